The van der Waals surface area contributed by atoms with Gasteiger partial charge in [0.05, 0.1) is 24.0 Å². The maximum Gasteiger partial charge on any atom is 0.281 e. The Morgan fingerprint density at radius 3 is 2.66 bits per heavy atom. The Morgan fingerprint density at radius 1 is 1.17 bits per heavy atom. The Balaban J connectivity index is 1.46. The van der Waals surface area contributed by atoms with Gasteiger partial charge in [-0.3, -0.25) is 4.72 Å². The first-order chi connectivity index (χ1) is 16.7. The summed E-state index contributed by atoms with van der Waals surface area (Å²) in [6, 6.07) is 12.0. The van der Waals surface area contributed by atoms with E-state index in [1.54, 1.807) is 18.2 Å². The molecule has 2 heterocycles. The quantitative estimate of drug-likeness (QED) is 0.253. The predicted molar refractivity (Wildman–Crippen MR) is 135 cm³/mol. The van der Waals surface area contributed by atoms with E-state index in [2.05, 4.69) is 20.0 Å². The summed E-state index contributed by atoms with van der Waals surface area (Å²) >= 11 is 12.8. The molecule has 2 aromatic heterocycles. The molecule has 0 amide bonds. The van der Waals surface area contributed by atoms with Crippen molar-refractivity contribution >= 4 is 55.4 Å². The topological polar surface area (TPSA) is 113 Å². The van der Waals surface area contributed by atoms with Crippen molar-refractivity contribution in [1.29, 1.82) is 0 Å². The van der Waals surface area contributed by atoms with Gasteiger partial charge < -0.3 is 15.2 Å². The number of nitrogens with one attached hydrogen (secondary N) is 2. The number of hydrogen-bond donors (Lipinski definition) is 3. The number of halogens is 3. The average molecular weight is 555 g/mol. The Bertz CT molecular complexity index is 1480. The molecule has 4 rings (SSSR count). The van der Waals surface area contributed by atoms with Gasteiger partial charge in [0.1, 0.15) is 15.8 Å². The first kappa shape index (κ1) is 25.0. The summed E-state index contributed by atoms with van der Waals surface area (Å²) in [7, 11) is -2.61. The Labute approximate surface area is 214 Å². The number of pyridine rings is 1. The molecule has 13 heteroatoms. The van der Waals surface area contributed by atoms with Crippen LogP contribution in [0.1, 0.15) is 5.56 Å². The molecule has 0 saturated heterocycles. The first-order valence-electron chi connectivity index (χ1n) is 9.87. The number of anilines is 2. The molecule has 0 aliphatic heterocycles. The van der Waals surface area contributed by atoms with Crippen LogP contribution in [0.3, 0.4) is 0 Å². The molecule has 35 heavy (non-hydrogen) atoms. The van der Waals surface area contributed by atoms with Crippen molar-refractivity contribution in [3.05, 3.63) is 75.5 Å². The van der Waals surface area contributed by atoms with Gasteiger partial charge >= 0.3 is 0 Å². The van der Waals surface area contributed by atoms with Gasteiger partial charge in [-0.25, -0.2) is 14.4 Å². The van der Waals surface area contributed by atoms with Crippen LogP contribution >= 0.6 is 34.5 Å². The molecular weight excluding hydrogens is 538 g/mol. The van der Waals surface area contributed by atoms with Gasteiger partial charge in [0, 0.05) is 17.7 Å². The molecule has 8 nitrogen and oxygen atoms in total. The van der Waals surface area contributed by atoms with Gasteiger partial charge in [-0.2, -0.15) is 8.42 Å². The van der Waals surface area contributed by atoms with Crippen LogP contribution in [0.25, 0.3) is 11.3 Å². The van der Waals surface area contributed by atoms with E-state index in [9.17, 15) is 17.9 Å². The molecule has 0 spiro atoms. The summed E-state index contributed by atoms with van der Waals surface area (Å²) in [5, 5.41) is 12.9. The fourth-order valence-corrected chi connectivity index (χ4v) is 5.42. The molecule has 0 aliphatic carbocycles. The molecule has 0 unspecified atom stereocenters. The van der Waals surface area contributed by atoms with E-state index in [1.165, 1.54) is 43.6 Å². The molecule has 0 atom stereocenters. The Hall–Kier alpha value is -3.12. The second-order valence-corrected chi connectivity index (χ2v) is 10.7. The Kier molecular flexibility index (Phi) is 7.31. The average Bonchev–Trinajstić information content (AvgIpc) is 3.19. The predicted octanol–water partition coefficient (Wildman–Crippen LogP) is 5.78. The van der Waals surface area contributed by atoms with E-state index in [1.807, 2.05) is 0 Å². The fraction of sp³-hybridized carbons (Fsp3) is 0.0909. The molecular formula is C22H17Cl2FN4O4S2. The summed E-state index contributed by atoms with van der Waals surface area (Å²) in [5.41, 5.74) is 1.71. The highest BCUT2D eigenvalue weighted by molar-refractivity contribution is 7.92. The maximum atomic E-state index is 13.8. The van der Waals surface area contributed by atoms with Crippen LogP contribution in [0.4, 0.5) is 15.2 Å². The third-order valence-electron chi connectivity index (χ3n) is 4.80. The summed E-state index contributed by atoms with van der Waals surface area (Å²) in [6.45, 7) is 0.265. The second-order valence-electron chi connectivity index (χ2n) is 7.08. The lowest BCUT2D eigenvalue weighted by atomic mass is 10.2. The number of benzene rings is 2. The third-order valence-corrected chi connectivity index (χ3v) is 7.66. The monoisotopic (exact) mass is 554 g/mol. The molecule has 2 aromatic carbocycles. The van der Waals surface area contributed by atoms with Crippen LogP contribution in [-0.2, 0) is 16.6 Å². The minimum Gasteiger partial charge on any atom is -0.504 e. The van der Waals surface area contributed by atoms with E-state index < -0.39 is 15.8 Å². The minimum atomic E-state index is -4.06. The molecule has 0 radical (unpaired) electrons. The normalized spacial score (nSPS) is 11.3. The van der Waals surface area contributed by atoms with Gasteiger partial charge in [-0.1, -0.05) is 52.7 Å². The molecule has 0 bridgehead atoms. The number of ether oxygens (including phenoxy) is 1. The molecule has 0 saturated carbocycles. The van der Waals surface area contributed by atoms with Crippen LogP contribution < -0.4 is 14.8 Å². The lowest BCUT2D eigenvalue weighted by Gasteiger charge is -2.11. The number of aromatic nitrogens is 2. The number of methoxy groups -OCH3 is 1. The number of phenols is 1. The molecule has 3 N–H and O–H groups in total. The van der Waals surface area contributed by atoms with Crippen molar-refractivity contribution in [1.82, 2.24) is 9.97 Å². The number of nitrogens with zero attached hydrogens (tertiary/aromatic N) is 2. The summed E-state index contributed by atoms with van der Waals surface area (Å²) in [4.78, 5) is 8.18. The smallest absolute Gasteiger partial charge is 0.281 e. The van der Waals surface area contributed by atoms with Crippen LogP contribution in [0, 0.1) is 5.82 Å². The van der Waals surface area contributed by atoms with E-state index in [0.717, 1.165) is 11.3 Å². The lowest BCUT2D eigenvalue weighted by molar-refractivity contribution is 0.371. The standard InChI is InChI=1S/C22H17Cl2FN4O4S2/c1-33-17-4-2-3-13(20(17)30)10-26-14-6-8-18(27-11-14)35(31,32)29-22-28-19(21(24)34-22)12-5-7-15(23)16(25)9-12/h2-9,11,26,30H,10H2,1H3,(H,28,29). The van der Waals surface area contributed by atoms with E-state index in [4.69, 9.17) is 27.9 Å². The number of thiazole rings is 1. The lowest BCUT2D eigenvalue weighted by Crippen LogP contribution is -2.14. The highest BCUT2D eigenvalue weighted by Crippen LogP contribution is 2.37. The van der Waals surface area contributed by atoms with Gasteiger partial charge in [-0.05, 0) is 30.3 Å². The summed E-state index contributed by atoms with van der Waals surface area (Å²) < 4.78 is 46.9. The van der Waals surface area contributed by atoms with E-state index >= 15 is 0 Å². The van der Waals surface area contributed by atoms with E-state index in [0.29, 0.717) is 22.6 Å². The van der Waals surface area contributed by atoms with Gasteiger partial charge in [0.25, 0.3) is 10.0 Å². The van der Waals surface area contributed by atoms with Crippen LogP contribution in [0.15, 0.2) is 59.8 Å². The summed E-state index contributed by atoms with van der Waals surface area (Å²) in [5.74, 6) is -0.280. The zero-order valence-corrected chi connectivity index (χ0v) is 21.1. The third kappa shape index (κ3) is 5.59. The number of aromatic hydroxyl groups is 1. The van der Waals surface area contributed by atoms with Crippen LogP contribution in [-0.4, -0.2) is 30.6 Å². The van der Waals surface area contributed by atoms with Crippen molar-refractivity contribution in [3.63, 3.8) is 0 Å². The second kappa shape index (κ2) is 10.2. The number of phenolic OH excluding ortho intramolecular Hbond substituents is 1. The summed E-state index contributed by atoms with van der Waals surface area (Å²) in [6.07, 6.45) is 1.35. The van der Waals surface area contributed by atoms with Gasteiger partial charge in [0.2, 0.25) is 0 Å². The van der Waals surface area contributed by atoms with Crippen molar-refractivity contribution < 1.29 is 22.7 Å². The first-order valence-corrected chi connectivity index (χ1v) is 12.9. The van der Waals surface area contributed by atoms with Crippen LogP contribution in [0.5, 0.6) is 11.5 Å². The molecule has 4 aromatic rings. The maximum absolute atomic E-state index is 13.8. The minimum absolute atomic E-state index is 0.00198. The van der Waals surface area contributed by atoms with Crippen molar-refractivity contribution in [3.8, 4) is 22.8 Å². The number of rotatable bonds is 8. The highest BCUT2D eigenvalue weighted by atomic mass is 35.5. The van der Waals surface area contributed by atoms with E-state index in [-0.39, 0.29) is 37.5 Å². The van der Waals surface area contributed by atoms with Crippen molar-refractivity contribution in [2.24, 2.45) is 0 Å². The molecule has 182 valence electrons. The van der Waals surface area contributed by atoms with Gasteiger partial charge in [0.15, 0.2) is 21.7 Å². The Morgan fingerprint density at radius 2 is 1.97 bits per heavy atom. The van der Waals surface area contributed by atoms with Crippen LogP contribution in [0.2, 0.25) is 9.36 Å². The molecule has 0 fully saturated rings. The fourth-order valence-electron chi connectivity index (χ4n) is 3.05. The molecule has 0 aliphatic rings. The van der Waals surface area contributed by atoms with Crippen molar-refractivity contribution in [2.45, 2.75) is 11.6 Å². The number of sulfonamides is 1. The number of hydrogen-bond acceptors (Lipinski definition) is 8. The largest absolute Gasteiger partial charge is 0.504 e. The highest BCUT2D eigenvalue weighted by Gasteiger charge is 2.20. The zero-order valence-electron chi connectivity index (χ0n) is 17.9. The number of para-hydroxylation sites is 1. The van der Waals surface area contributed by atoms with Gasteiger partial charge in [-0.15, -0.1) is 0 Å². The van der Waals surface area contributed by atoms with Crippen molar-refractivity contribution in [2.75, 3.05) is 17.1 Å². The SMILES string of the molecule is COc1cccc(CNc2ccc(S(=O)(=O)Nc3nc(-c4ccc(Cl)c(F)c4)c(Cl)s3)nc2)c1O. The zero-order chi connectivity index (χ0) is 25.2.